The van der Waals surface area contributed by atoms with Crippen LogP contribution in [0.2, 0.25) is 0 Å². The van der Waals surface area contributed by atoms with Crippen molar-refractivity contribution in [3.8, 4) is 66.8 Å². The SMILES string of the molecule is CN1c2ccccc2C2(c3ccccc3-c3ccccc32)c2cccc(-c3cccc4c(-c5c6ccccc6c(-c6ccccc6)c6ccccc56)c5cccc(-c6cccc7c6N(C)c6ccccc6C76c7ccccc7-c7ccccc76)c5cc34)c21. The molecule has 0 saturated carbocycles. The van der Waals surface area contributed by atoms with Gasteiger partial charge in [-0.1, -0.05) is 285 Å². The summed E-state index contributed by atoms with van der Waals surface area (Å²) in [5, 5.41) is 9.77. The van der Waals surface area contributed by atoms with E-state index in [0.29, 0.717) is 0 Å². The molecule has 2 heterocycles. The summed E-state index contributed by atoms with van der Waals surface area (Å²) in [5.41, 5.74) is 29.2. The Morgan fingerprint density at radius 1 is 0.205 bits per heavy atom. The molecule has 0 atom stereocenters. The molecular formula is C86H56N2. The highest BCUT2D eigenvalue weighted by Crippen LogP contribution is 2.66. The maximum atomic E-state index is 2.57. The molecule has 0 radical (unpaired) electrons. The van der Waals surface area contributed by atoms with E-state index in [1.54, 1.807) is 0 Å². The van der Waals surface area contributed by atoms with Gasteiger partial charge >= 0.3 is 0 Å². The van der Waals surface area contributed by atoms with E-state index in [1.165, 1.54) is 177 Å². The molecule has 0 amide bonds. The number of hydrogen-bond donors (Lipinski definition) is 0. The molecule has 0 saturated heterocycles. The summed E-state index contributed by atoms with van der Waals surface area (Å²) in [6.07, 6.45) is 0. The van der Waals surface area contributed by atoms with Crippen LogP contribution in [0.4, 0.5) is 22.7 Å². The van der Waals surface area contributed by atoms with Crippen molar-refractivity contribution in [3.63, 3.8) is 0 Å². The minimum absolute atomic E-state index is 0.551. The summed E-state index contributed by atoms with van der Waals surface area (Å²) >= 11 is 0. The van der Waals surface area contributed by atoms with E-state index in [0.717, 1.165) is 0 Å². The van der Waals surface area contributed by atoms with Crippen LogP contribution in [0.1, 0.15) is 44.5 Å². The Morgan fingerprint density at radius 3 is 0.886 bits per heavy atom. The maximum absolute atomic E-state index is 2.57. The largest absolute Gasteiger partial charge is 0.344 e. The van der Waals surface area contributed by atoms with Crippen molar-refractivity contribution in [1.29, 1.82) is 0 Å². The van der Waals surface area contributed by atoms with Gasteiger partial charge in [0.25, 0.3) is 0 Å². The van der Waals surface area contributed by atoms with E-state index < -0.39 is 10.8 Å². The Morgan fingerprint density at radius 2 is 0.477 bits per heavy atom. The third kappa shape index (κ3) is 6.21. The van der Waals surface area contributed by atoms with Crippen LogP contribution in [0.25, 0.3) is 110 Å². The van der Waals surface area contributed by atoms with E-state index in [2.05, 4.69) is 327 Å². The van der Waals surface area contributed by atoms with Gasteiger partial charge in [-0.05, 0) is 161 Å². The fourth-order valence-electron chi connectivity index (χ4n) is 17.4. The molecule has 15 aromatic carbocycles. The summed E-state index contributed by atoms with van der Waals surface area (Å²) in [5.74, 6) is 0. The topological polar surface area (TPSA) is 6.48 Å². The minimum atomic E-state index is -0.551. The molecule has 0 N–H and O–H groups in total. The zero-order valence-corrected chi connectivity index (χ0v) is 48.8. The van der Waals surface area contributed by atoms with Gasteiger partial charge in [-0.25, -0.2) is 0 Å². The maximum Gasteiger partial charge on any atom is 0.0754 e. The Hall–Kier alpha value is -11.1. The smallest absolute Gasteiger partial charge is 0.0754 e. The average molecular weight is 1120 g/mol. The number of para-hydroxylation sites is 4. The third-order valence-electron chi connectivity index (χ3n) is 20.7. The molecule has 88 heavy (non-hydrogen) atoms. The number of hydrogen-bond acceptors (Lipinski definition) is 2. The number of fused-ring (bicyclic) bond motifs is 22. The molecule has 0 fully saturated rings. The molecule has 2 aliphatic heterocycles. The van der Waals surface area contributed by atoms with Crippen LogP contribution in [0.15, 0.2) is 303 Å². The number of benzene rings is 15. The van der Waals surface area contributed by atoms with Crippen molar-refractivity contribution in [1.82, 2.24) is 0 Å². The summed E-state index contributed by atoms with van der Waals surface area (Å²) in [6, 6.07) is 115. The highest BCUT2D eigenvalue weighted by atomic mass is 15.1. The monoisotopic (exact) mass is 1120 g/mol. The van der Waals surface area contributed by atoms with Crippen LogP contribution in [-0.4, -0.2) is 14.1 Å². The minimum Gasteiger partial charge on any atom is -0.344 e. The van der Waals surface area contributed by atoms with Gasteiger partial charge < -0.3 is 9.80 Å². The molecule has 410 valence electrons. The summed E-state index contributed by atoms with van der Waals surface area (Å²) < 4.78 is 0. The second kappa shape index (κ2) is 18.2. The standard InChI is InChI=1S/C86H56N2/c1-87-78-50-20-18-46-74(78)85(70-42-14-10-28-56(70)57-29-11-15-43-71(57)85)76-48-24-40-66(83(76)87)54-36-22-38-64-68(54)52-69-55(37-23-39-65(69)82(64)81-62-34-8-6-32-60(62)80(53-26-4-3-5-27-53)61-33-7-9-35-63(61)81)67-41-25-49-77-84(67)88(2)79-51-21-19-47-75(79)86(77)72-44-16-12-30-58(72)59-31-13-17-45-73(59)86/h3-52H,1-2H3. The molecule has 2 spiro atoms. The van der Waals surface area contributed by atoms with E-state index in [1.807, 2.05) is 0 Å². The lowest BCUT2D eigenvalue weighted by atomic mass is 9.64. The molecule has 2 nitrogen and oxygen atoms in total. The normalized spacial score (nSPS) is 14.2. The van der Waals surface area contributed by atoms with Crippen LogP contribution in [-0.2, 0) is 10.8 Å². The van der Waals surface area contributed by atoms with E-state index in [9.17, 15) is 0 Å². The second-order valence-corrected chi connectivity index (χ2v) is 24.5. The quantitative estimate of drug-likeness (QED) is 0.162. The Bertz CT molecular complexity index is 5110. The van der Waals surface area contributed by atoms with Crippen molar-refractivity contribution in [2.75, 3.05) is 23.9 Å². The number of nitrogens with zero attached hydrogens (tertiary/aromatic N) is 2. The lowest BCUT2D eigenvalue weighted by molar-refractivity contribution is 0.749. The van der Waals surface area contributed by atoms with Crippen molar-refractivity contribution in [2.45, 2.75) is 10.8 Å². The lowest BCUT2D eigenvalue weighted by Crippen LogP contribution is -2.36. The second-order valence-electron chi connectivity index (χ2n) is 24.5. The molecule has 2 heteroatoms. The summed E-state index contributed by atoms with van der Waals surface area (Å²) in [7, 11) is 4.58. The summed E-state index contributed by atoms with van der Waals surface area (Å²) in [4.78, 5) is 4.98. The first-order valence-corrected chi connectivity index (χ1v) is 30.9. The fraction of sp³-hybridized carbons (Fsp3) is 0.0465. The van der Waals surface area contributed by atoms with Crippen LogP contribution in [0.3, 0.4) is 0 Å². The fourth-order valence-corrected chi connectivity index (χ4v) is 17.4. The van der Waals surface area contributed by atoms with E-state index >= 15 is 0 Å². The van der Waals surface area contributed by atoms with Gasteiger partial charge in [-0.3, -0.25) is 0 Å². The first-order chi connectivity index (χ1) is 43.6. The van der Waals surface area contributed by atoms with Crippen LogP contribution in [0.5, 0.6) is 0 Å². The molecule has 2 aliphatic carbocycles. The van der Waals surface area contributed by atoms with Gasteiger partial charge in [0, 0.05) is 36.6 Å². The zero-order valence-electron chi connectivity index (χ0n) is 48.8. The molecule has 15 aromatic rings. The van der Waals surface area contributed by atoms with E-state index in [4.69, 9.17) is 0 Å². The van der Waals surface area contributed by atoms with E-state index in [-0.39, 0.29) is 0 Å². The molecule has 0 bridgehead atoms. The Labute approximate surface area is 512 Å². The molecule has 4 aliphatic rings. The first-order valence-electron chi connectivity index (χ1n) is 30.9. The number of anilines is 4. The number of rotatable bonds is 4. The molecule has 0 unspecified atom stereocenters. The average Bonchev–Trinajstić information content (AvgIpc) is 1.45. The van der Waals surface area contributed by atoms with Crippen molar-refractivity contribution < 1.29 is 0 Å². The van der Waals surface area contributed by atoms with Crippen molar-refractivity contribution in [3.05, 3.63) is 348 Å². The summed E-state index contributed by atoms with van der Waals surface area (Å²) in [6.45, 7) is 0. The van der Waals surface area contributed by atoms with Crippen LogP contribution < -0.4 is 9.80 Å². The molecule has 0 aromatic heterocycles. The van der Waals surface area contributed by atoms with Gasteiger partial charge in [0.05, 0.1) is 22.2 Å². The van der Waals surface area contributed by atoms with Crippen molar-refractivity contribution in [2.24, 2.45) is 0 Å². The zero-order chi connectivity index (χ0) is 58.0. The van der Waals surface area contributed by atoms with Gasteiger partial charge in [0.2, 0.25) is 0 Å². The van der Waals surface area contributed by atoms with Gasteiger partial charge in [0.15, 0.2) is 0 Å². The van der Waals surface area contributed by atoms with Crippen molar-refractivity contribution >= 4 is 65.8 Å². The third-order valence-corrected chi connectivity index (χ3v) is 20.7. The van der Waals surface area contributed by atoms with Crippen LogP contribution >= 0.6 is 0 Å². The Balaban J connectivity index is 0.956. The predicted octanol–water partition coefficient (Wildman–Crippen LogP) is 21.9. The molecule has 19 rings (SSSR count). The predicted molar refractivity (Wildman–Crippen MR) is 369 cm³/mol. The van der Waals surface area contributed by atoms with Gasteiger partial charge in [-0.15, -0.1) is 0 Å². The first kappa shape index (κ1) is 49.2. The lowest BCUT2D eigenvalue weighted by Gasteiger charge is -2.44. The highest BCUT2D eigenvalue weighted by molar-refractivity contribution is 6.29. The highest BCUT2D eigenvalue weighted by Gasteiger charge is 2.53. The van der Waals surface area contributed by atoms with Crippen LogP contribution in [0, 0.1) is 0 Å². The Kier molecular flexibility index (Phi) is 10.2. The van der Waals surface area contributed by atoms with Gasteiger partial charge in [-0.2, -0.15) is 0 Å². The molecular weight excluding hydrogens is 1060 g/mol. The van der Waals surface area contributed by atoms with Gasteiger partial charge in [0.1, 0.15) is 0 Å².